The highest BCUT2D eigenvalue weighted by Crippen LogP contribution is 2.37. The van der Waals surface area contributed by atoms with Gasteiger partial charge in [0.15, 0.2) is 0 Å². The second kappa shape index (κ2) is 3.48. The average Bonchev–Trinajstić information content (AvgIpc) is 2.43. The molecule has 4 heteroatoms. The number of nitrogens with two attached hydrogens (primary N) is 1. The maximum atomic E-state index is 5.88. The fraction of sp³-hybridized carbons (Fsp3) is 0.111. The second-order valence-electron chi connectivity index (χ2n) is 2.75. The lowest BCUT2D eigenvalue weighted by atomic mass is 10.2. The van der Waals surface area contributed by atoms with Crippen LogP contribution in [-0.4, -0.2) is 0 Å². The first-order valence-electron chi connectivity index (χ1n) is 3.74. The van der Waals surface area contributed by atoms with Gasteiger partial charge in [-0.2, -0.15) is 0 Å². The summed E-state index contributed by atoms with van der Waals surface area (Å²) in [6.07, 6.45) is 0. The normalized spacial score (nSPS) is 10.9. The molecule has 0 spiro atoms. The molecule has 1 nitrogen and oxygen atoms in total. The van der Waals surface area contributed by atoms with Crippen molar-refractivity contribution >= 4 is 54.6 Å². The molecule has 1 aromatic heterocycles. The molecule has 68 valence electrons. The minimum Gasteiger partial charge on any atom is -0.397 e. The highest BCUT2D eigenvalue weighted by atomic mass is 79.9. The van der Waals surface area contributed by atoms with Crippen molar-refractivity contribution in [2.45, 2.75) is 5.88 Å². The summed E-state index contributed by atoms with van der Waals surface area (Å²) >= 11 is 10.8. The maximum absolute atomic E-state index is 5.88. The van der Waals surface area contributed by atoms with Crippen molar-refractivity contribution in [2.24, 2.45) is 0 Å². The van der Waals surface area contributed by atoms with Crippen molar-refractivity contribution < 1.29 is 0 Å². The highest BCUT2D eigenvalue weighted by Gasteiger charge is 2.06. The minimum absolute atomic E-state index is 0.531. The van der Waals surface area contributed by atoms with E-state index in [9.17, 15) is 0 Å². The van der Waals surface area contributed by atoms with Gasteiger partial charge in [0, 0.05) is 16.0 Å². The van der Waals surface area contributed by atoms with Gasteiger partial charge in [-0.1, -0.05) is 6.07 Å². The van der Waals surface area contributed by atoms with Crippen molar-refractivity contribution in [2.75, 3.05) is 5.73 Å². The van der Waals surface area contributed by atoms with E-state index in [1.807, 2.05) is 12.1 Å². The van der Waals surface area contributed by atoms with Crippen molar-refractivity contribution in [3.8, 4) is 0 Å². The van der Waals surface area contributed by atoms with E-state index in [-0.39, 0.29) is 0 Å². The van der Waals surface area contributed by atoms with Crippen LogP contribution in [0, 0.1) is 0 Å². The molecule has 0 radical (unpaired) electrons. The Bertz CT molecular complexity index is 452. The van der Waals surface area contributed by atoms with E-state index >= 15 is 0 Å². The summed E-state index contributed by atoms with van der Waals surface area (Å²) in [5.74, 6) is 0.531. The quantitative estimate of drug-likeness (QED) is 0.783. The molecular formula is C9H7BrClNS. The van der Waals surface area contributed by atoms with Crippen molar-refractivity contribution in [1.29, 1.82) is 0 Å². The topological polar surface area (TPSA) is 26.0 Å². The molecule has 13 heavy (non-hydrogen) atoms. The molecule has 2 N–H and O–H groups in total. The molecule has 1 heterocycles. The Labute approximate surface area is 93.6 Å². The number of rotatable bonds is 1. The van der Waals surface area contributed by atoms with Gasteiger partial charge in [0.05, 0.1) is 9.47 Å². The van der Waals surface area contributed by atoms with Crippen LogP contribution >= 0.6 is 38.9 Å². The number of hydrogen-bond donors (Lipinski definition) is 1. The standard InChI is InChI=1S/C9H7BrClNS/c10-9-8(12)6-3-5(4-11)1-2-7(6)13-9/h1-3H,4,12H2. The van der Waals surface area contributed by atoms with Crippen LogP contribution in [0.15, 0.2) is 22.0 Å². The Morgan fingerprint density at radius 2 is 2.23 bits per heavy atom. The van der Waals surface area contributed by atoms with E-state index < -0.39 is 0 Å². The van der Waals surface area contributed by atoms with E-state index in [2.05, 4.69) is 22.0 Å². The number of fused-ring (bicyclic) bond motifs is 1. The molecule has 0 bridgehead atoms. The molecule has 0 aliphatic heterocycles. The van der Waals surface area contributed by atoms with E-state index in [1.54, 1.807) is 11.3 Å². The summed E-state index contributed by atoms with van der Waals surface area (Å²) in [6.45, 7) is 0. The zero-order valence-corrected chi connectivity index (χ0v) is 9.84. The van der Waals surface area contributed by atoms with Crippen LogP contribution in [-0.2, 0) is 5.88 Å². The first kappa shape index (κ1) is 9.31. The molecule has 0 atom stereocenters. The molecule has 1 aromatic carbocycles. The Morgan fingerprint density at radius 1 is 1.46 bits per heavy atom. The number of nitrogen functional groups attached to an aromatic ring is 1. The smallest absolute Gasteiger partial charge is 0.0940 e. The van der Waals surface area contributed by atoms with Crippen LogP contribution < -0.4 is 5.73 Å². The highest BCUT2D eigenvalue weighted by molar-refractivity contribution is 9.11. The van der Waals surface area contributed by atoms with E-state index in [0.29, 0.717) is 5.88 Å². The van der Waals surface area contributed by atoms with Crippen LogP contribution in [0.2, 0.25) is 0 Å². The minimum atomic E-state index is 0.531. The third-order valence-electron chi connectivity index (χ3n) is 1.90. The van der Waals surface area contributed by atoms with Crippen LogP contribution in [0.5, 0.6) is 0 Å². The van der Waals surface area contributed by atoms with Crippen LogP contribution in [0.4, 0.5) is 5.69 Å². The summed E-state index contributed by atoms with van der Waals surface area (Å²) in [5, 5.41) is 1.09. The van der Waals surface area contributed by atoms with Crippen molar-refractivity contribution in [3.63, 3.8) is 0 Å². The molecule has 2 rings (SSSR count). The number of thiophene rings is 1. The molecule has 0 fully saturated rings. The Hall–Kier alpha value is -0.250. The van der Waals surface area contributed by atoms with Crippen LogP contribution in [0.25, 0.3) is 10.1 Å². The number of benzene rings is 1. The zero-order chi connectivity index (χ0) is 9.42. The maximum Gasteiger partial charge on any atom is 0.0940 e. The summed E-state index contributed by atoms with van der Waals surface area (Å²) < 4.78 is 2.19. The molecule has 0 saturated heterocycles. The third-order valence-corrected chi connectivity index (χ3v) is 4.10. The SMILES string of the molecule is Nc1c(Br)sc2ccc(CCl)cc12. The molecule has 0 amide bonds. The molecule has 0 aliphatic rings. The van der Waals surface area contributed by atoms with Gasteiger partial charge >= 0.3 is 0 Å². The van der Waals surface area contributed by atoms with Gasteiger partial charge in [0.2, 0.25) is 0 Å². The van der Waals surface area contributed by atoms with Gasteiger partial charge in [0.25, 0.3) is 0 Å². The van der Waals surface area contributed by atoms with Gasteiger partial charge < -0.3 is 5.73 Å². The van der Waals surface area contributed by atoms with Gasteiger partial charge in [-0.05, 0) is 33.6 Å². The second-order valence-corrected chi connectivity index (χ2v) is 5.39. The average molecular weight is 277 g/mol. The Kier molecular flexibility index (Phi) is 2.49. The number of alkyl halides is 1. The lowest BCUT2D eigenvalue weighted by molar-refractivity contribution is 1.43. The molecule has 0 saturated carbocycles. The van der Waals surface area contributed by atoms with Gasteiger partial charge in [-0.25, -0.2) is 0 Å². The van der Waals surface area contributed by atoms with E-state index in [1.165, 1.54) is 4.70 Å². The van der Waals surface area contributed by atoms with Crippen molar-refractivity contribution in [3.05, 3.63) is 27.5 Å². The molecule has 2 aromatic rings. The zero-order valence-electron chi connectivity index (χ0n) is 6.68. The number of halogens is 2. The third kappa shape index (κ3) is 1.56. The molecular weight excluding hydrogens is 270 g/mol. The summed E-state index contributed by atoms with van der Waals surface area (Å²) in [4.78, 5) is 0. The number of hydrogen-bond acceptors (Lipinski definition) is 2. The lowest BCUT2D eigenvalue weighted by Crippen LogP contribution is -1.83. The van der Waals surface area contributed by atoms with E-state index in [4.69, 9.17) is 17.3 Å². The predicted octanol–water partition coefficient (Wildman–Crippen LogP) is 3.98. The predicted molar refractivity (Wildman–Crippen MR) is 63.5 cm³/mol. The molecule has 0 aliphatic carbocycles. The Morgan fingerprint density at radius 3 is 2.92 bits per heavy atom. The first-order valence-corrected chi connectivity index (χ1v) is 5.89. The fourth-order valence-electron chi connectivity index (χ4n) is 1.22. The van der Waals surface area contributed by atoms with Crippen LogP contribution in [0.1, 0.15) is 5.56 Å². The monoisotopic (exact) mass is 275 g/mol. The first-order chi connectivity index (χ1) is 6.22. The summed E-state index contributed by atoms with van der Waals surface area (Å²) in [6, 6.07) is 6.12. The fourth-order valence-corrected chi connectivity index (χ4v) is 2.95. The van der Waals surface area contributed by atoms with Gasteiger partial charge in [-0.15, -0.1) is 22.9 Å². The van der Waals surface area contributed by atoms with Crippen LogP contribution in [0.3, 0.4) is 0 Å². The summed E-state index contributed by atoms with van der Waals surface area (Å²) in [5.41, 5.74) is 7.80. The van der Waals surface area contributed by atoms with Gasteiger partial charge in [-0.3, -0.25) is 0 Å². The lowest BCUT2D eigenvalue weighted by Gasteiger charge is -1.95. The summed E-state index contributed by atoms with van der Waals surface area (Å²) in [7, 11) is 0. The molecule has 0 unspecified atom stereocenters. The Balaban J connectivity index is 2.75. The van der Waals surface area contributed by atoms with Gasteiger partial charge in [0.1, 0.15) is 0 Å². The van der Waals surface area contributed by atoms with Crippen molar-refractivity contribution in [1.82, 2.24) is 0 Å². The largest absolute Gasteiger partial charge is 0.397 e. The van der Waals surface area contributed by atoms with E-state index in [0.717, 1.165) is 20.4 Å². The number of anilines is 1.